The van der Waals surface area contributed by atoms with Gasteiger partial charge < -0.3 is 19.9 Å². The normalized spacial score (nSPS) is 20.0. The van der Waals surface area contributed by atoms with Gasteiger partial charge in [0.2, 0.25) is 5.91 Å². The summed E-state index contributed by atoms with van der Waals surface area (Å²) < 4.78 is 6.24. The summed E-state index contributed by atoms with van der Waals surface area (Å²) in [6.07, 6.45) is 4.73. The highest BCUT2D eigenvalue weighted by atomic mass is 79.9. The largest absolute Gasteiger partial charge is 0.462 e. The molecule has 3 amide bonds. The molecule has 1 aliphatic heterocycles. The van der Waals surface area contributed by atoms with Crippen molar-refractivity contribution in [1.29, 1.82) is 0 Å². The number of rotatable bonds is 7. The summed E-state index contributed by atoms with van der Waals surface area (Å²) >= 11 is 3.51. The number of carbonyl (C=O) groups excluding carboxylic acids is 4. The molecular weight excluding hydrogens is 624 g/mol. The van der Waals surface area contributed by atoms with Gasteiger partial charge in [-0.05, 0) is 106 Å². The number of anilines is 1. The predicted molar refractivity (Wildman–Crippen MR) is 171 cm³/mol. The lowest BCUT2D eigenvalue weighted by molar-refractivity contribution is -0.165. The lowest BCUT2D eigenvalue weighted by atomic mass is 9.82. The molecule has 0 radical (unpaired) electrons. The zero-order chi connectivity index (χ0) is 31.8. The van der Waals surface area contributed by atoms with Crippen LogP contribution >= 0.6 is 15.9 Å². The summed E-state index contributed by atoms with van der Waals surface area (Å²) in [5, 5.41) is 2.99. The molecule has 1 N–H and O–H groups in total. The monoisotopic (exact) mass is 660 g/mol. The first-order valence-electron chi connectivity index (χ1n) is 14.7. The van der Waals surface area contributed by atoms with E-state index in [0.717, 1.165) is 29.5 Å². The van der Waals surface area contributed by atoms with Crippen LogP contribution in [0.25, 0.3) is 11.1 Å². The maximum atomic E-state index is 13.9. The second-order valence-electron chi connectivity index (χ2n) is 12.6. The molecule has 0 unspecified atom stereocenters. The number of fused-ring (bicyclic) bond motifs is 1. The number of hydrogen-bond acceptors (Lipinski definition) is 6. The summed E-state index contributed by atoms with van der Waals surface area (Å²) in [4.78, 5) is 59.7. The number of pyridine rings is 1. The van der Waals surface area contributed by atoms with E-state index in [2.05, 4.69) is 26.2 Å². The van der Waals surface area contributed by atoms with Gasteiger partial charge in [0.25, 0.3) is 11.8 Å². The van der Waals surface area contributed by atoms with Crippen LogP contribution in [-0.4, -0.2) is 59.3 Å². The first-order chi connectivity index (χ1) is 20.8. The van der Waals surface area contributed by atoms with Gasteiger partial charge in [-0.1, -0.05) is 22.0 Å². The second-order valence-corrected chi connectivity index (χ2v) is 13.6. The number of ether oxygens (including phenoxy) is 1. The van der Waals surface area contributed by atoms with Gasteiger partial charge in [-0.2, -0.15) is 0 Å². The molecule has 2 aliphatic rings. The number of carbonyl (C=O) groups is 4. The lowest BCUT2D eigenvalue weighted by Crippen LogP contribution is -2.45. The minimum absolute atomic E-state index is 0.108. The number of hydrogen-bond donors (Lipinski definition) is 1. The first-order valence-corrected chi connectivity index (χ1v) is 15.5. The van der Waals surface area contributed by atoms with Gasteiger partial charge >= 0.3 is 5.97 Å². The van der Waals surface area contributed by atoms with Crippen LogP contribution in [0.2, 0.25) is 0 Å². The van der Waals surface area contributed by atoms with Crippen molar-refractivity contribution in [2.45, 2.75) is 59.2 Å². The van der Waals surface area contributed by atoms with Crippen molar-refractivity contribution in [2.24, 2.45) is 11.3 Å². The SMILES string of the molecule is C[C@@H]1C(=O)N(C)c2cc(-c3ccncc3)ccc2C(=O)N1Cc1cc(Br)cc(C(=O)NCC2CC(OC(=O)C(C)(C)C)C2)c1. The Kier molecular flexibility index (Phi) is 8.92. The van der Waals surface area contributed by atoms with Crippen LogP contribution in [-0.2, 0) is 20.9 Å². The number of amides is 3. The number of benzene rings is 2. The minimum atomic E-state index is -0.723. The summed E-state index contributed by atoms with van der Waals surface area (Å²) in [6, 6.07) is 13.9. The molecule has 3 aromatic rings. The van der Waals surface area contributed by atoms with Crippen molar-refractivity contribution in [2.75, 3.05) is 18.5 Å². The van der Waals surface area contributed by atoms with Crippen LogP contribution in [0.1, 0.15) is 66.8 Å². The molecule has 0 saturated heterocycles. The Hall–Kier alpha value is -4.05. The van der Waals surface area contributed by atoms with Gasteiger partial charge in [-0.25, -0.2) is 0 Å². The van der Waals surface area contributed by atoms with Crippen LogP contribution < -0.4 is 10.2 Å². The van der Waals surface area contributed by atoms with E-state index >= 15 is 0 Å². The smallest absolute Gasteiger partial charge is 0.311 e. The molecule has 230 valence electrons. The van der Waals surface area contributed by atoms with Gasteiger partial charge in [0.15, 0.2) is 0 Å². The molecule has 44 heavy (non-hydrogen) atoms. The highest BCUT2D eigenvalue weighted by Gasteiger charge is 2.37. The Bertz CT molecular complexity index is 1600. The fourth-order valence-corrected chi connectivity index (χ4v) is 6.00. The number of likely N-dealkylation sites (N-methyl/N-ethyl adjacent to an activating group) is 1. The minimum Gasteiger partial charge on any atom is -0.462 e. The van der Waals surface area contributed by atoms with E-state index in [0.29, 0.717) is 27.8 Å². The fraction of sp³-hybridized carbons (Fsp3) is 0.382. The number of nitrogens with zero attached hydrogens (tertiary/aromatic N) is 3. The van der Waals surface area contributed by atoms with E-state index in [1.165, 1.54) is 4.90 Å². The Balaban J connectivity index is 1.28. The van der Waals surface area contributed by atoms with Crippen molar-refractivity contribution in [3.05, 3.63) is 82.1 Å². The van der Waals surface area contributed by atoms with Gasteiger partial charge in [0.1, 0.15) is 12.1 Å². The average Bonchev–Trinajstić information content (AvgIpc) is 3.03. The third kappa shape index (κ3) is 6.70. The lowest BCUT2D eigenvalue weighted by Gasteiger charge is -2.36. The number of esters is 1. The standard InChI is InChI=1S/C34H37BrN4O5/c1-20-31(41)38(5)29-17-24(23-8-10-36-11-9-23)6-7-28(29)32(42)39(20)19-22-12-25(16-26(35)13-22)30(40)37-18-21-14-27(15-21)44-33(43)34(2,3)4/h6-13,16-17,20-21,27H,14-15,18-19H2,1-5H3,(H,37,40)/t20-,21?,27?/m1/s1. The van der Waals surface area contributed by atoms with E-state index in [1.54, 1.807) is 49.5 Å². The van der Waals surface area contributed by atoms with Crippen molar-refractivity contribution in [3.63, 3.8) is 0 Å². The van der Waals surface area contributed by atoms with E-state index in [1.807, 2.05) is 51.1 Å². The van der Waals surface area contributed by atoms with E-state index in [-0.39, 0.29) is 42.3 Å². The van der Waals surface area contributed by atoms with Crippen LogP contribution in [0, 0.1) is 11.3 Å². The molecule has 1 saturated carbocycles. The molecule has 0 spiro atoms. The second kappa shape index (κ2) is 12.5. The molecule has 1 fully saturated rings. The Labute approximate surface area is 266 Å². The predicted octanol–water partition coefficient (Wildman–Crippen LogP) is 5.62. The maximum Gasteiger partial charge on any atom is 0.311 e. The molecule has 0 bridgehead atoms. The zero-order valence-electron chi connectivity index (χ0n) is 25.6. The number of nitrogens with one attached hydrogen (secondary N) is 1. The van der Waals surface area contributed by atoms with Crippen molar-refractivity contribution in [1.82, 2.24) is 15.2 Å². The highest BCUT2D eigenvalue weighted by molar-refractivity contribution is 9.10. The van der Waals surface area contributed by atoms with Crippen LogP contribution in [0.3, 0.4) is 0 Å². The molecule has 10 heteroatoms. The molecule has 5 rings (SSSR count). The van der Waals surface area contributed by atoms with Gasteiger partial charge in [0, 0.05) is 42.6 Å². The highest BCUT2D eigenvalue weighted by Crippen LogP contribution is 2.34. The summed E-state index contributed by atoms with van der Waals surface area (Å²) in [6.45, 7) is 7.84. The molecule has 1 aromatic heterocycles. The third-order valence-corrected chi connectivity index (χ3v) is 8.68. The van der Waals surface area contributed by atoms with Crippen LogP contribution in [0.4, 0.5) is 5.69 Å². The summed E-state index contributed by atoms with van der Waals surface area (Å²) in [7, 11) is 1.69. The van der Waals surface area contributed by atoms with E-state index in [4.69, 9.17) is 4.74 Å². The maximum absolute atomic E-state index is 13.9. The fourth-order valence-electron chi connectivity index (χ4n) is 5.46. The molecule has 2 heterocycles. The summed E-state index contributed by atoms with van der Waals surface area (Å²) in [5.41, 5.74) is 3.42. The van der Waals surface area contributed by atoms with Crippen molar-refractivity contribution < 1.29 is 23.9 Å². The number of halogens is 1. The first kappa shape index (κ1) is 31.4. The molecule has 1 atom stereocenters. The summed E-state index contributed by atoms with van der Waals surface area (Å²) in [5.74, 6) is -0.674. The molecular formula is C34H37BrN4O5. The third-order valence-electron chi connectivity index (χ3n) is 8.22. The van der Waals surface area contributed by atoms with Crippen molar-refractivity contribution in [3.8, 4) is 11.1 Å². The Morgan fingerprint density at radius 1 is 1.02 bits per heavy atom. The van der Waals surface area contributed by atoms with Gasteiger partial charge in [0.05, 0.1) is 16.7 Å². The number of aromatic nitrogens is 1. The van der Waals surface area contributed by atoms with Crippen LogP contribution in [0.5, 0.6) is 0 Å². The van der Waals surface area contributed by atoms with Crippen molar-refractivity contribution >= 4 is 45.3 Å². The topological polar surface area (TPSA) is 109 Å². The Morgan fingerprint density at radius 2 is 1.73 bits per heavy atom. The zero-order valence-corrected chi connectivity index (χ0v) is 27.2. The van der Waals surface area contributed by atoms with Gasteiger partial charge in [-0.3, -0.25) is 24.2 Å². The molecule has 9 nitrogen and oxygen atoms in total. The average molecular weight is 662 g/mol. The quantitative estimate of drug-likeness (QED) is 0.330. The Morgan fingerprint density at radius 3 is 2.41 bits per heavy atom. The molecule has 1 aliphatic carbocycles. The van der Waals surface area contributed by atoms with E-state index < -0.39 is 11.5 Å². The van der Waals surface area contributed by atoms with Crippen LogP contribution in [0.15, 0.2) is 65.4 Å². The van der Waals surface area contributed by atoms with Gasteiger partial charge in [-0.15, -0.1) is 0 Å². The van der Waals surface area contributed by atoms with E-state index in [9.17, 15) is 19.2 Å². The molecule has 2 aromatic carbocycles.